The van der Waals surface area contributed by atoms with Crippen molar-refractivity contribution < 1.29 is 9.53 Å². The predicted molar refractivity (Wildman–Crippen MR) is 49.3 cm³/mol. The molecule has 4 heteroatoms. The number of carbonyl (C=O) groups excluding carboxylic acids is 1. The summed E-state index contributed by atoms with van der Waals surface area (Å²) in [5.41, 5.74) is 6.50. The Morgan fingerprint density at radius 1 is 1.62 bits per heavy atom. The Kier molecular flexibility index (Phi) is 2.84. The quantitative estimate of drug-likeness (QED) is 0.693. The van der Waals surface area contributed by atoms with E-state index in [0.717, 1.165) is 0 Å². The molecule has 0 saturated carbocycles. The zero-order chi connectivity index (χ0) is 9.84. The molecule has 0 aromatic carbocycles. The number of esters is 1. The molecule has 1 aromatic rings. The van der Waals surface area contributed by atoms with Crippen molar-refractivity contribution in [2.75, 3.05) is 12.3 Å². The summed E-state index contributed by atoms with van der Waals surface area (Å²) in [6.07, 6.45) is 0. The molecule has 4 nitrogen and oxygen atoms in total. The first-order chi connectivity index (χ1) is 6.15. The van der Waals surface area contributed by atoms with Gasteiger partial charge >= 0.3 is 5.97 Å². The molecule has 0 fully saturated rings. The summed E-state index contributed by atoms with van der Waals surface area (Å²) in [7, 11) is 0. The standard InChI is InChI=1S/C9H12N2O2/c1-3-13-9(12)7-4-5-8(10)11-6(7)2/h4-5H,3H2,1-2H3,(H2,10,11). The normalized spacial score (nSPS) is 9.69. The van der Waals surface area contributed by atoms with Crippen LogP contribution >= 0.6 is 0 Å². The number of carbonyl (C=O) groups is 1. The third-order valence-corrected chi connectivity index (χ3v) is 1.60. The smallest absolute Gasteiger partial charge is 0.339 e. The highest BCUT2D eigenvalue weighted by Gasteiger charge is 2.10. The number of nitrogens with two attached hydrogens (primary N) is 1. The zero-order valence-corrected chi connectivity index (χ0v) is 7.70. The minimum atomic E-state index is -0.354. The largest absolute Gasteiger partial charge is 0.462 e. The molecule has 0 spiro atoms. The molecule has 0 aliphatic rings. The van der Waals surface area contributed by atoms with Gasteiger partial charge in [-0.1, -0.05) is 0 Å². The molecule has 1 rings (SSSR count). The second-order valence-corrected chi connectivity index (χ2v) is 2.59. The second kappa shape index (κ2) is 3.89. The van der Waals surface area contributed by atoms with Crippen molar-refractivity contribution in [2.45, 2.75) is 13.8 Å². The Balaban J connectivity index is 2.95. The number of hydrogen-bond donors (Lipinski definition) is 1. The molecule has 0 radical (unpaired) electrons. The van der Waals surface area contributed by atoms with Crippen molar-refractivity contribution in [3.05, 3.63) is 23.4 Å². The number of anilines is 1. The van der Waals surface area contributed by atoms with Crippen LogP contribution < -0.4 is 5.73 Å². The van der Waals surface area contributed by atoms with Gasteiger partial charge in [0.2, 0.25) is 0 Å². The van der Waals surface area contributed by atoms with E-state index in [9.17, 15) is 4.79 Å². The average Bonchev–Trinajstić information content (AvgIpc) is 2.04. The highest BCUT2D eigenvalue weighted by Crippen LogP contribution is 2.09. The fraction of sp³-hybridized carbons (Fsp3) is 0.333. The van der Waals surface area contributed by atoms with Gasteiger partial charge in [0.25, 0.3) is 0 Å². The van der Waals surface area contributed by atoms with Gasteiger partial charge in [0.15, 0.2) is 0 Å². The number of ether oxygens (including phenoxy) is 1. The minimum absolute atomic E-state index is 0.354. The van der Waals surface area contributed by atoms with E-state index >= 15 is 0 Å². The second-order valence-electron chi connectivity index (χ2n) is 2.59. The Morgan fingerprint density at radius 2 is 2.31 bits per heavy atom. The first-order valence-electron chi connectivity index (χ1n) is 4.05. The van der Waals surface area contributed by atoms with E-state index < -0.39 is 0 Å². The zero-order valence-electron chi connectivity index (χ0n) is 7.70. The molecule has 70 valence electrons. The van der Waals surface area contributed by atoms with Crippen LogP contribution in [0.25, 0.3) is 0 Å². The average molecular weight is 180 g/mol. The molecular formula is C9H12N2O2. The van der Waals surface area contributed by atoms with Crippen molar-refractivity contribution in [3.63, 3.8) is 0 Å². The minimum Gasteiger partial charge on any atom is -0.462 e. The Labute approximate surface area is 76.7 Å². The molecule has 1 heterocycles. The van der Waals surface area contributed by atoms with Crippen molar-refractivity contribution in [3.8, 4) is 0 Å². The summed E-state index contributed by atoms with van der Waals surface area (Å²) in [6, 6.07) is 3.20. The van der Waals surface area contributed by atoms with E-state index in [1.807, 2.05) is 0 Å². The third-order valence-electron chi connectivity index (χ3n) is 1.60. The Morgan fingerprint density at radius 3 is 2.85 bits per heavy atom. The van der Waals surface area contributed by atoms with E-state index in [0.29, 0.717) is 23.7 Å². The number of rotatable bonds is 2. The van der Waals surface area contributed by atoms with Gasteiger partial charge in [0.1, 0.15) is 5.82 Å². The van der Waals surface area contributed by atoms with E-state index in [1.54, 1.807) is 26.0 Å². The SMILES string of the molecule is CCOC(=O)c1ccc(N)nc1C. The van der Waals surface area contributed by atoms with E-state index in [1.165, 1.54) is 0 Å². The maximum Gasteiger partial charge on any atom is 0.339 e. The molecule has 0 unspecified atom stereocenters. The topological polar surface area (TPSA) is 65.2 Å². The lowest BCUT2D eigenvalue weighted by atomic mass is 10.2. The molecule has 0 aliphatic carbocycles. The number of nitrogens with zero attached hydrogens (tertiary/aromatic N) is 1. The number of nitrogen functional groups attached to an aromatic ring is 1. The molecule has 1 aromatic heterocycles. The number of aryl methyl sites for hydroxylation is 1. The fourth-order valence-corrected chi connectivity index (χ4v) is 1.01. The van der Waals surface area contributed by atoms with E-state index in [2.05, 4.69) is 4.98 Å². The summed E-state index contributed by atoms with van der Waals surface area (Å²) in [5.74, 6) is 0.0537. The first kappa shape index (κ1) is 9.51. The van der Waals surface area contributed by atoms with E-state index in [4.69, 9.17) is 10.5 Å². The van der Waals surface area contributed by atoms with Crippen molar-refractivity contribution in [2.24, 2.45) is 0 Å². The van der Waals surface area contributed by atoms with Gasteiger partial charge in [0.05, 0.1) is 17.9 Å². The van der Waals surface area contributed by atoms with Gasteiger partial charge in [-0.2, -0.15) is 0 Å². The molecular weight excluding hydrogens is 168 g/mol. The molecule has 2 N–H and O–H groups in total. The van der Waals surface area contributed by atoms with Gasteiger partial charge in [-0.15, -0.1) is 0 Å². The van der Waals surface area contributed by atoms with Crippen LogP contribution in [0.1, 0.15) is 23.0 Å². The first-order valence-corrected chi connectivity index (χ1v) is 4.05. The fourth-order valence-electron chi connectivity index (χ4n) is 1.01. The van der Waals surface area contributed by atoms with Crippen molar-refractivity contribution >= 4 is 11.8 Å². The molecule has 13 heavy (non-hydrogen) atoms. The summed E-state index contributed by atoms with van der Waals surface area (Å²) < 4.78 is 4.83. The van der Waals surface area contributed by atoms with E-state index in [-0.39, 0.29) is 5.97 Å². The molecule has 0 amide bonds. The van der Waals surface area contributed by atoms with Crippen LogP contribution in [0.15, 0.2) is 12.1 Å². The lowest BCUT2D eigenvalue weighted by Crippen LogP contribution is -2.08. The van der Waals surface area contributed by atoms with Crippen LogP contribution in [0.2, 0.25) is 0 Å². The van der Waals surface area contributed by atoms with Crippen LogP contribution in [0.5, 0.6) is 0 Å². The summed E-state index contributed by atoms with van der Waals surface area (Å²) in [4.78, 5) is 15.2. The van der Waals surface area contributed by atoms with Crippen LogP contribution in [0.3, 0.4) is 0 Å². The Hall–Kier alpha value is -1.58. The lowest BCUT2D eigenvalue weighted by Gasteiger charge is -2.04. The summed E-state index contributed by atoms with van der Waals surface area (Å²) >= 11 is 0. The van der Waals surface area contributed by atoms with Gasteiger partial charge in [-0.25, -0.2) is 9.78 Å². The van der Waals surface area contributed by atoms with Crippen LogP contribution in [-0.4, -0.2) is 17.6 Å². The maximum atomic E-state index is 11.3. The Bertz CT molecular complexity index is 323. The third kappa shape index (κ3) is 2.18. The van der Waals surface area contributed by atoms with Crippen LogP contribution in [-0.2, 0) is 4.74 Å². The molecule has 0 atom stereocenters. The van der Waals surface area contributed by atoms with Crippen molar-refractivity contribution in [1.29, 1.82) is 0 Å². The number of pyridine rings is 1. The van der Waals surface area contributed by atoms with Crippen LogP contribution in [0, 0.1) is 6.92 Å². The number of hydrogen-bond acceptors (Lipinski definition) is 4. The molecule has 0 saturated heterocycles. The predicted octanol–water partition coefficient (Wildman–Crippen LogP) is 1.15. The highest BCUT2D eigenvalue weighted by molar-refractivity contribution is 5.90. The molecule has 0 bridgehead atoms. The summed E-state index contributed by atoms with van der Waals surface area (Å²) in [6.45, 7) is 3.85. The molecule has 0 aliphatic heterocycles. The van der Waals surface area contributed by atoms with Crippen molar-refractivity contribution in [1.82, 2.24) is 4.98 Å². The summed E-state index contributed by atoms with van der Waals surface area (Å²) in [5, 5.41) is 0. The maximum absolute atomic E-state index is 11.3. The van der Waals surface area contributed by atoms with Crippen LogP contribution in [0.4, 0.5) is 5.82 Å². The van der Waals surface area contributed by atoms with Gasteiger partial charge in [-0.05, 0) is 26.0 Å². The number of aromatic nitrogens is 1. The van der Waals surface area contributed by atoms with Gasteiger partial charge in [-0.3, -0.25) is 0 Å². The van der Waals surface area contributed by atoms with Gasteiger partial charge in [0, 0.05) is 0 Å². The van der Waals surface area contributed by atoms with Gasteiger partial charge < -0.3 is 10.5 Å². The highest BCUT2D eigenvalue weighted by atomic mass is 16.5. The monoisotopic (exact) mass is 180 g/mol. The lowest BCUT2D eigenvalue weighted by molar-refractivity contribution is 0.0525.